The van der Waals surface area contributed by atoms with Crippen molar-refractivity contribution in [2.75, 3.05) is 0 Å². The summed E-state index contributed by atoms with van der Waals surface area (Å²) in [6.45, 7) is 2.36. The maximum Gasteiger partial charge on any atom is 0.0281 e. The number of fused-ring (bicyclic) bond motifs is 2. The summed E-state index contributed by atoms with van der Waals surface area (Å²) >= 11 is 0. The Morgan fingerprint density at radius 2 is 1.50 bits per heavy atom. The monoisotopic (exact) mass is 446 g/mol. The van der Waals surface area contributed by atoms with E-state index in [4.69, 9.17) is 0 Å². The third-order valence-corrected chi connectivity index (χ3v) is 9.00. The van der Waals surface area contributed by atoms with E-state index < -0.39 is 0 Å². The zero-order valence-electron chi connectivity index (χ0n) is 20.7. The lowest BCUT2D eigenvalue weighted by molar-refractivity contribution is 0.268. The first-order valence-corrected chi connectivity index (χ1v) is 13.8. The molecule has 0 nitrogen and oxygen atoms in total. The summed E-state index contributed by atoms with van der Waals surface area (Å²) in [6, 6.07) is 16.7. The number of benzene rings is 2. The topological polar surface area (TPSA) is 0 Å². The van der Waals surface area contributed by atoms with Crippen LogP contribution in [0.15, 0.2) is 84.0 Å². The Hall–Kier alpha value is -2.60. The molecule has 4 aliphatic rings. The Balaban J connectivity index is 1.15. The van der Waals surface area contributed by atoms with Gasteiger partial charge in [0.15, 0.2) is 0 Å². The maximum atomic E-state index is 2.46. The van der Waals surface area contributed by atoms with Crippen LogP contribution in [0.5, 0.6) is 0 Å². The van der Waals surface area contributed by atoms with Gasteiger partial charge in [0.2, 0.25) is 0 Å². The molecule has 0 amide bonds. The van der Waals surface area contributed by atoms with E-state index in [0.29, 0.717) is 5.92 Å². The summed E-state index contributed by atoms with van der Waals surface area (Å²) in [4.78, 5) is 0. The van der Waals surface area contributed by atoms with Crippen molar-refractivity contribution in [2.45, 2.75) is 71.1 Å². The van der Waals surface area contributed by atoms with Crippen LogP contribution in [0.1, 0.15) is 73.3 Å². The normalized spacial score (nSPS) is 25.4. The molecular formula is C34H38. The van der Waals surface area contributed by atoms with Crippen LogP contribution in [-0.4, -0.2) is 0 Å². The van der Waals surface area contributed by atoms with Gasteiger partial charge in [-0.1, -0.05) is 99.0 Å². The molecule has 0 aliphatic heterocycles. The van der Waals surface area contributed by atoms with Crippen molar-refractivity contribution in [2.24, 2.45) is 17.8 Å². The minimum atomic E-state index is 0.414. The van der Waals surface area contributed by atoms with Crippen molar-refractivity contribution in [3.05, 3.63) is 112 Å². The van der Waals surface area contributed by atoms with Crippen LogP contribution in [0.25, 0.3) is 5.57 Å². The van der Waals surface area contributed by atoms with Crippen molar-refractivity contribution >= 4 is 5.57 Å². The van der Waals surface area contributed by atoms with Gasteiger partial charge >= 0.3 is 0 Å². The molecule has 1 fully saturated rings. The van der Waals surface area contributed by atoms with Gasteiger partial charge in [-0.3, -0.25) is 0 Å². The molecule has 34 heavy (non-hydrogen) atoms. The second-order valence-electron chi connectivity index (χ2n) is 11.1. The minimum absolute atomic E-state index is 0.414. The van der Waals surface area contributed by atoms with Crippen LogP contribution < -0.4 is 0 Å². The van der Waals surface area contributed by atoms with E-state index in [1.54, 1.807) is 11.1 Å². The molecule has 1 saturated carbocycles. The summed E-state index contributed by atoms with van der Waals surface area (Å²) in [6.07, 6.45) is 25.0. The van der Waals surface area contributed by atoms with Crippen molar-refractivity contribution < 1.29 is 0 Å². The highest BCUT2D eigenvalue weighted by molar-refractivity contribution is 5.79. The fourth-order valence-electron chi connectivity index (χ4n) is 6.82. The van der Waals surface area contributed by atoms with Gasteiger partial charge in [-0.15, -0.1) is 0 Å². The summed E-state index contributed by atoms with van der Waals surface area (Å²) in [5.41, 5.74) is 11.9. The SMILES string of the molecule is CCC1CCC(Cc2ccc(CC3=CC=C(c4ccc5c(c4)CCC5)C4C=CC=C34)cc2)CC1. The first-order valence-electron chi connectivity index (χ1n) is 13.8. The predicted octanol–water partition coefficient (Wildman–Crippen LogP) is 8.61. The maximum absolute atomic E-state index is 2.46. The van der Waals surface area contributed by atoms with Crippen LogP contribution in [0.4, 0.5) is 0 Å². The lowest BCUT2D eigenvalue weighted by atomic mass is 9.78. The predicted molar refractivity (Wildman–Crippen MR) is 145 cm³/mol. The highest BCUT2D eigenvalue weighted by Crippen LogP contribution is 2.42. The number of hydrogen-bond donors (Lipinski definition) is 0. The Morgan fingerprint density at radius 3 is 2.32 bits per heavy atom. The molecule has 0 saturated heterocycles. The van der Waals surface area contributed by atoms with Gasteiger partial charge in [0.05, 0.1) is 0 Å². The molecule has 0 aromatic heterocycles. The molecule has 2 aromatic carbocycles. The van der Waals surface area contributed by atoms with Gasteiger partial charge in [-0.05, 0) is 101 Å². The van der Waals surface area contributed by atoms with Gasteiger partial charge in [-0.2, -0.15) is 0 Å². The van der Waals surface area contributed by atoms with E-state index in [0.717, 1.165) is 18.3 Å². The molecule has 0 radical (unpaired) electrons. The molecule has 4 aliphatic carbocycles. The summed E-state index contributed by atoms with van der Waals surface area (Å²) in [5.74, 6) is 2.30. The molecule has 0 heteroatoms. The van der Waals surface area contributed by atoms with Crippen LogP contribution in [0.2, 0.25) is 0 Å². The van der Waals surface area contributed by atoms with E-state index in [2.05, 4.69) is 79.8 Å². The molecular weight excluding hydrogens is 408 g/mol. The van der Waals surface area contributed by atoms with Crippen LogP contribution in [0, 0.1) is 17.8 Å². The second kappa shape index (κ2) is 9.57. The molecule has 1 unspecified atom stereocenters. The number of hydrogen-bond acceptors (Lipinski definition) is 0. The average molecular weight is 447 g/mol. The summed E-state index contributed by atoms with van der Waals surface area (Å²) in [7, 11) is 0. The van der Waals surface area contributed by atoms with Crippen molar-refractivity contribution in [3.63, 3.8) is 0 Å². The minimum Gasteiger partial charge on any atom is -0.0726 e. The van der Waals surface area contributed by atoms with Crippen molar-refractivity contribution in [1.82, 2.24) is 0 Å². The van der Waals surface area contributed by atoms with E-state index in [9.17, 15) is 0 Å². The van der Waals surface area contributed by atoms with E-state index in [1.807, 2.05) is 0 Å². The van der Waals surface area contributed by atoms with Gasteiger partial charge in [-0.25, -0.2) is 0 Å². The zero-order chi connectivity index (χ0) is 22.9. The van der Waals surface area contributed by atoms with Gasteiger partial charge in [0.25, 0.3) is 0 Å². The Bertz CT molecular complexity index is 1160. The quantitative estimate of drug-likeness (QED) is 0.416. The standard InChI is InChI=1S/C34H38/c1-2-24-9-11-25(12-10-24)21-26-13-15-27(16-14-26)22-30-19-20-33(34-8-4-7-32(30)34)31-18-17-28-5-3-6-29(28)23-31/h4,7-8,13-20,23-25,34H,2-3,5-6,9-12,21-22H2,1H3. The highest BCUT2D eigenvalue weighted by atomic mass is 14.3. The highest BCUT2D eigenvalue weighted by Gasteiger charge is 2.27. The second-order valence-corrected chi connectivity index (χ2v) is 11.1. The van der Waals surface area contributed by atoms with Crippen LogP contribution in [0.3, 0.4) is 0 Å². The number of aryl methyl sites for hydroxylation is 2. The average Bonchev–Trinajstić information content (AvgIpc) is 3.56. The van der Waals surface area contributed by atoms with E-state index in [1.165, 1.54) is 91.2 Å². The first-order chi connectivity index (χ1) is 16.8. The van der Waals surface area contributed by atoms with E-state index in [-0.39, 0.29) is 0 Å². The molecule has 0 heterocycles. The number of rotatable bonds is 6. The molecule has 6 rings (SSSR count). The van der Waals surface area contributed by atoms with Gasteiger partial charge in [0.1, 0.15) is 0 Å². The van der Waals surface area contributed by atoms with Crippen molar-refractivity contribution in [1.29, 1.82) is 0 Å². The summed E-state index contributed by atoms with van der Waals surface area (Å²) in [5, 5.41) is 0. The van der Waals surface area contributed by atoms with Gasteiger partial charge < -0.3 is 0 Å². The third-order valence-electron chi connectivity index (χ3n) is 9.00. The first kappa shape index (κ1) is 21.9. The third kappa shape index (κ3) is 4.40. The fraction of sp³-hybridized carbons (Fsp3) is 0.412. The lowest BCUT2D eigenvalue weighted by Crippen LogP contribution is -2.15. The molecule has 1 atom stereocenters. The molecule has 0 N–H and O–H groups in total. The zero-order valence-corrected chi connectivity index (χ0v) is 20.7. The largest absolute Gasteiger partial charge is 0.0726 e. The van der Waals surface area contributed by atoms with Crippen LogP contribution in [-0.2, 0) is 25.7 Å². The van der Waals surface area contributed by atoms with Gasteiger partial charge in [0, 0.05) is 5.92 Å². The Kier molecular flexibility index (Phi) is 6.16. The smallest absolute Gasteiger partial charge is 0.0281 e. The molecule has 0 spiro atoms. The molecule has 174 valence electrons. The molecule has 2 aromatic rings. The summed E-state index contributed by atoms with van der Waals surface area (Å²) < 4.78 is 0. The lowest BCUT2D eigenvalue weighted by Gasteiger charge is -2.28. The van der Waals surface area contributed by atoms with Crippen molar-refractivity contribution in [3.8, 4) is 0 Å². The fourth-order valence-corrected chi connectivity index (χ4v) is 6.82. The van der Waals surface area contributed by atoms with Crippen LogP contribution >= 0.6 is 0 Å². The number of allylic oxidation sites excluding steroid dienone is 8. The molecule has 0 bridgehead atoms. The Labute approximate surface area is 206 Å². The van der Waals surface area contributed by atoms with E-state index >= 15 is 0 Å². The Morgan fingerprint density at radius 1 is 0.735 bits per heavy atom.